The fraction of sp³-hybridized carbons (Fsp3) is 0.565. The summed E-state index contributed by atoms with van der Waals surface area (Å²) in [5.41, 5.74) is 1.89. The molecule has 1 saturated carbocycles. The summed E-state index contributed by atoms with van der Waals surface area (Å²) < 4.78 is 8.27. The van der Waals surface area contributed by atoms with Crippen molar-refractivity contribution >= 4 is 39.2 Å². The van der Waals surface area contributed by atoms with E-state index >= 15 is 0 Å². The number of anilines is 2. The normalized spacial score (nSPS) is 22.6. The van der Waals surface area contributed by atoms with Crippen LogP contribution in [0.1, 0.15) is 54.9 Å². The van der Waals surface area contributed by atoms with Crippen LogP contribution in [0.25, 0.3) is 10.2 Å². The Morgan fingerprint density at radius 2 is 2.06 bits per heavy atom. The fourth-order valence-corrected chi connectivity index (χ4v) is 6.37. The van der Waals surface area contributed by atoms with Crippen LogP contribution in [-0.4, -0.2) is 62.0 Å². The van der Waals surface area contributed by atoms with E-state index in [4.69, 9.17) is 14.7 Å². The first-order valence-electron chi connectivity index (χ1n) is 11.5. The number of nitrogens with zero attached hydrogens (tertiary/aromatic N) is 5. The number of thiophene rings is 1. The Labute approximate surface area is 196 Å². The molecule has 0 bridgehead atoms. The van der Waals surface area contributed by atoms with E-state index in [1.165, 1.54) is 4.88 Å². The molecule has 0 radical (unpaired) electrons. The van der Waals surface area contributed by atoms with Gasteiger partial charge >= 0.3 is 5.97 Å². The lowest BCUT2D eigenvalue weighted by Gasteiger charge is -2.32. The maximum absolute atomic E-state index is 11.5. The summed E-state index contributed by atoms with van der Waals surface area (Å²) in [6, 6.07) is 0.586. The number of ether oxygens (including phenoxy) is 1. The molecule has 0 amide bonds. The van der Waals surface area contributed by atoms with Crippen molar-refractivity contribution in [2.24, 2.45) is 7.05 Å². The maximum atomic E-state index is 11.5. The van der Waals surface area contributed by atoms with Gasteiger partial charge in [0.05, 0.1) is 23.7 Å². The first-order chi connectivity index (χ1) is 15.9. The van der Waals surface area contributed by atoms with Gasteiger partial charge in [0.15, 0.2) is 0 Å². The number of aromatic nitrogens is 4. The van der Waals surface area contributed by atoms with E-state index in [1.807, 2.05) is 13.2 Å². The Kier molecular flexibility index (Phi) is 5.96. The van der Waals surface area contributed by atoms with Crippen LogP contribution in [0.2, 0.25) is 0 Å². The summed E-state index contributed by atoms with van der Waals surface area (Å²) in [4.78, 5) is 25.4. The van der Waals surface area contributed by atoms with Gasteiger partial charge in [0.1, 0.15) is 10.9 Å². The summed E-state index contributed by atoms with van der Waals surface area (Å²) in [6.45, 7) is 0. The van der Waals surface area contributed by atoms with E-state index in [1.54, 1.807) is 22.2 Å². The molecule has 0 spiro atoms. The monoisotopic (exact) mass is 470 g/mol. The molecule has 5 rings (SSSR count). The summed E-state index contributed by atoms with van der Waals surface area (Å²) in [6.07, 6.45) is 9.70. The Balaban J connectivity index is 1.50. The zero-order chi connectivity index (χ0) is 23.1. The number of carboxylic acid groups (broad SMARTS) is 1. The number of carboxylic acids is 1. The van der Waals surface area contributed by atoms with E-state index in [9.17, 15) is 9.90 Å². The van der Waals surface area contributed by atoms with E-state index in [-0.39, 0.29) is 18.4 Å². The quantitative estimate of drug-likeness (QED) is 0.535. The van der Waals surface area contributed by atoms with Gasteiger partial charge in [-0.3, -0.25) is 9.48 Å². The highest BCUT2D eigenvalue weighted by molar-refractivity contribution is 7.19. The summed E-state index contributed by atoms with van der Waals surface area (Å²) >= 11 is 1.64. The number of hydrogen-bond acceptors (Lipinski definition) is 8. The van der Waals surface area contributed by atoms with Crippen molar-refractivity contribution in [2.75, 3.05) is 19.4 Å². The van der Waals surface area contributed by atoms with Gasteiger partial charge in [0, 0.05) is 24.2 Å². The molecule has 3 aromatic heterocycles. The molecule has 0 unspecified atom stereocenters. The zero-order valence-corrected chi connectivity index (χ0v) is 20.1. The van der Waals surface area contributed by atoms with Gasteiger partial charge in [-0.2, -0.15) is 10.1 Å². The van der Waals surface area contributed by atoms with Gasteiger partial charge in [-0.05, 0) is 64.1 Å². The van der Waals surface area contributed by atoms with Crippen LogP contribution in [0.5, 0.6) is 5.88 Å². The molecule has 33 heavy (non-hydrogen) atoms. The third-order valence-corrected chi connectivity index (χ3v) is 7.95. The molecule has 176 valence electrons. The molecule has 3 aromatic rings. The highest BCUT2D eigenvalue weighted by Gasteiger charge is 2.33. The van der Waals surface area contributed by atoms with Crippen LogP contribution < -0.4 is 10.1 Å². The SMILES string of the molecule is CN(C)C1CCC(Oc2nc(Nc3cnn(C)c3)nc3sc4c(c23)[C@H](CC(=O)O)CC4)CC1. The number of carbonyl (C=O) groups is 1. The number of aryl methyl sites for hydroxylation is 2. The van der Waals surface area contributed by atoms with Crippen LogP contribution >= 0.6 is 11.3 Å². The Morgan fingerprint density at radius 1 is 1.27 bits per heavy atom. The second-order valence-electron chi connectivity index (χ2n) is 9.34. The molecule has 2 N–H and O–H groups in total. The standard InChI is InChI=1S/C23H30N6O3S/c1-28(2)15-5-7-16(8-6-15)32-21-20-19-13(10-18(30)31)4-9-17(19)33-22(20)27-23(26-21)25-14-11-24-29(3)12-14/h11-13,15-16H,4-10H2,1-3H3,(H,30,31)(H,25,26,27)/t13-,15?,16?/m0/s1. The molecule has 0 saturated heterocycles. The first-order valence-corrected chi connectivity index (χ1v) is 12.3. The smallest absolute Gasteiger partial charge is 0.303 e. The van der Waals surface area contributed by atoms with Gasteiger partial charge < -0.3 is 20.1 Å². The van der Waals surface area contributed by atoms with Gasteiger partial charge in [-0.15, -0.1) is 11.3 Å². The Morgan fingerprint density at radius 3 is 2.73 bits per heavy atom. The maximum Gasteiger partial charge on any atom is 0.303 e. The topological polar surface area (TPSA) is 105 Å². The number of fused-ring (bicyclic) bond motifs is 3. The van der Waals surface area contributed by atoms with E-state index < -0.39 is 5.97 Å². The second kappa shape index (κ2) is 8.90. The molecule has 1 fully saturated rings. The third-order valence-electron chi connectivity index (χ3n) is 6.79. The van der Waals surface area contributed by atoms with Gasteiger partial charge in [0.25, 0.3) is 0 Å². The number of aliphatic carboxylic acids is 1. The minimum atomic E-state index is -0.771. The van der Waals surface area contributed by atoms with E-state index in [0.717, 1.165) is 60.0 Å². The van der Waals surface area contributed by atoms with Gasteiger partial charge in [0.2, 0.25) is 11.8 Å². The zero-order valence-electron chi connectivity index (χ0n) is 19.2. The number of nitrogens with one attached hydrogen (secondary N) is 1. The molecule has 2 aliphatic carbocycles. The third kappa shape index (κ3) is 4.54. The van der Waals surface area contributed by atoms with Crippen LogP contribution in [-0.2, 0) is 18.3 Å². The second-order valence-corrected chi connectivity index (χ2v) is 10.4. The van der Waals surface area contributed by atoms with Crippen molar-refractivity contribution in [1.29, 1.82) is 0 Å². The van der Waals surface area contributed by atoms with Crippen LogP contribution in [0.4, 0.5) is 11.6 Å². The molecule has 3 heterocycles. The van der Waals surface area contributed by atoms with Crippen LogP contribution in [0, 0.1) is 0 Å². The highest BCUT2D eigenvalue weighted by atomic mass is 32.1. The molecule has 2 aliphatic rings. The molecular formula is C23H30N6O3S. The van der Waals surface area contributed by atoms with Crippen molar-refractivity contribution in [3.63, 3.8) is 0 Å². The molecule has 0 aromatic carbocycles. The summed E-state index contributed by atoms with van der Waals surface area (Å²) in [5, 5.41) is 17.8. The van der Waals surface area contributed by atoms with Gasteiger partial charge in [-0.1, -0.05) is 0 Å². The van der Waals surface area contributed by atoms with Crippen molar-refractivity contribution < 1.29 is 14.6 Å². The first kappa shape index (κ1) is 22.1. The largest absolute Gasteiger partial charge is 0.481 e. The summed E-state index contributed by atoms with van der Waals surface area (Å²) in [7, 11) is 6.13. The molecular weight excluding hydrogens is 440 g/mol. The molecule has 10 heteroatoms. The van der Waals surface area contributed by atoms with Crippen molar-refractivity contribution in [3.8, 4) is 5.88 Å². The lowest BCUT2D eigenvalue weighted by atomic mass is 9.92. The van der Waals surface area contributed by atoms with Crippen molar-refractivity contribution in [2.45, 2.75) is 63.0 Å². The Hall–Kier alpha value is -2.72. The lowest BCUT2D eigenvalue weighted by Crippen LogP contribution is -2.35. The van der Waals surface area contributed by atoms with Crippen molar-refractivity contribution in [1.82, 2.24) is 24.6 Å². The average Bonchev–Trinajstić information content (AvgIpc) is 3.44. The minimum absolute atomic E-state index is 0.0150. The van der Waals surface area contributed by atoms with E-state index in [2.05, 4.69) is 29.4 Å². The van der Waals surface area contributed by atoms with Crippen LogP contribution in [0.15, 0.2) is 12.4 Å². The molecule has 1 atom stereocenters. The average molecular weight is 471 g/mol. The van der Waals surface area contributed by atoms with E-state index in [0.29, 0.717) is 17.9 Å². The minimum Gasteiger partial charge on any atom is -0.481 e. The fourth-order valence-electron chi connectivity index (χ4n) is 5.11. The number of hydrogen-bond donors (Lipinski definition) is 2. The molecule has 9 nitrogen and oxygen atoms in total. The summed E-state index contributed by atoms with van der Waals surface area (Å²) in [5.74, 6) is 0.267. The van der Waals surface area contributed by atoms with Gasteiger partial charge in [-0.25, -0.2) is 4.98 Å². The molecule has 0 aliphatic heterocycles. The Bertz CT molecular complexity index is 1160. The highest BCUT2D eigenvalue weighted by Crippen LogP contribution is 2.48. The van der Waals surface area contributed by atoms with Crippen LogP contribution in [0.3, 0.4) is 0 Å². The predicted molar refractivity (Wildman–Crippen MR) is 128 cm³/mol. The predicted octanol–water partition coefficient (Wildman–Crippen LogP) is 3.92. The lowest BCUT2D eigenvalue weighted by molar-refractivity contribution is -0.137. The number of rotatable bonds is 7. The van der Waals surface area contributed by atoms with Crippen molar-refractivity contribution in [3.05, 3.63) is 22.8 Å².